The molecule has 1 saturated heterocycles. The topological polar surface area (TPSA) is 88.4 Å². The number of carbonyl (C=O) groups is 1. The van der Waals surface area contributed by atoms with E-state index >= 15 is 0 Å². The van der Waals surface area contributed by atoms with Crippen molar-refractivity contribution in [1.29, 1.82) is 5.26 Å². The van der Waals surface area contributed by atoms with E-state index in [9.17, 15) is 10.1 Å². The van der Waals surface area contributed by atoms with Crippen molar-refractivity contribution in [3.8, 4) is 17.5 Å². The standard InChI is InChI=1S/C23H22N6O2/c1-27-19-10-16(23(30)28-9-3-4-17(28)14-31-2)6-7-18(19)22(26-27)20-12-25-21-8-5-15(11-24)13-29(20)21/h5-8,10,12-13,17H,3-4,9,14H2,1-2H3/t17-/m0/s1. The number of ether oxygens (including phenoxy) is 1. The zero-order valence-electron chi connectivity index (χ0n) is 17.4. The molecule has 8 heteroatoms. The molecule has 31 heavy (non-hydrogen) atoms. The number of pyridine rings is 1. The van der Waals surface area contributed by atoms with Gasteiger partial charge in [-0.3, -0.25) is 13.9 Å². The normalized spacial score (nSPS) is 16.3. The van der Waals surface area contributed by atoms with E-state index in [1.54, 1.807) is 30.3 Å². The maximum absolute atomic E-state index is 13.2. The van der Waals surface area contributed by atoms with E-state index in [1.807, 2.05) is 40.6 Å². The van der Waals surface area contributed by atoms with Crippen LogP contribution in [0, 0.1) is 11.3 Å². The third-order valence-corrected chi connectivity index (χ3v) is 5.97. The Labute approximate surface area is 179 Å². The number of aryl methyl sites for hydroxylation is 1. The second-order valence-corrected chi connectivity index (χ2v) is 7.86. The van der Waals surface area contributed by atoms with Gasteiger partial charge in [0.2, 0.25) is 0 Å². The van der Waals surface area contributed by atoms with E-state index < -0.39 is 0 Å². The minimum Gasteiger partial charge on any atom is -0.383 e. The zero-order valence-corrected chi connectivity index (χ0v) is 17.4. The highest BCUT2D eigenvalue weighted by atomic mass is 16.5. The molecule has 1 fully saturated rings. The van der Waals surface area contributed by atoms with Crippen molar-refractivity contribution in [2.75, 3.05) is 20.3 Å². The lowest BCUT2D eigenvalue weighted by molar-refractivity contribution is 0.0631. The Balaban J connectivity index is 1.57. The van der Waals surface area contributed by atoms with Gasteiger partial charge < -0.3 is 9.64 Å². The van der Waals surface area contributed by atoms with Crippen LogP contribution in [-0.4, -0.2) is 56.3 Å². The number of imidazole rings is 1. The molecule has 1 aliphatic heterocycles. The predicted molar refractivity (Wildman–Crippen MR) is 116 cm³/mol. The van der Waals surface area contributed by atoms with Crippen molar-refractivity contribution in [2.24, 2.45) is 7.05 Å². The number of aromatic nitrogens is 4. The number of carbonyl (C=O) groups excluding carboxylic acids is 1. The Morgan fingerprint density at radius 3 is 3.00 bits per heavy atom. The molecule has 4 heterocycles. The van der Waals surface area contributed by atoms with Crippen LogP contribution in [0.25, 0.3) is 27.9 Å². The number of likely N-dealkylation sites (tertiary alicyclic amines) is 1. The first-order chi connectivity index (χ1) is 15.1. The van der Waals surface area contributed by atoms with Crippen LogP contribution in [0.3, 0.4) is 0 Å². The highest BCUT2D eigenvalue weighted by Crippen LogP contribution is 2.30. The lowest BCUT2D eigenvalue weighted by atomic mass is 10.1. The quantitative estimate of drug-likeness (QED) is 0.512. The SMILES string of the molecule is COC[C@@H]1CCCN1C(=O)c1ccc2c(-c3cnc4ccc(C#N)cn34)nn(C)c2c1. The number of nitrogens with zero attached hydrogens (tertiary/aromatic N) is 6. The van der Waals surface area contributed by atoms with Crippen molar-refractivity contribution in [2.45, 2.75) is 18.9 Å². The molecule has 4 aromatic rings. The molecule has 0 spiro atoms. The summed E-state index contributed by atoms with van der Waals surface area (Å²) in [5, 5.41) is 14.9. The van der Waals surface area contributed by atoms with Crippen molar-refractivity contribution >= 4 is 22.5 Å². The fourth-order valence-electron chi connectivity index (χ4n) is 4.44. The van der Waals surface area contributed by atoms with Crippen LogP contribution in [0.4, 0.5) is 0 Å². The van der Waals surface area contributed by atoms with Crippen molar-refractivity contribution in [1.82, 2.24) is 24.1 Å². The van der Waals surface area contributed by atoms with Gasteiger partial charge in [0.25, 0.3) is 5.91 Å². The third-order valence-electron chi connectivity index (χ3n) is 5.97. The molecule has 3 aromatic heterocycles. The second kappa shape index (κ2) is 7.52. The number of nitriles is 1. The first-order valence-electron chi connectivity index (χ1n) is 10.2. The first kappa shape index (κ1) is 19.3. The van der Waals surface area contributed by atoms with Crippen LogP contribution >= 0.6 is 0 Å². The summed E-state index contributed by atoms with van der Waals surface area (Å²) in [7, 11) is 3.54. The van der Waals surface area contributed by atoms with Gasteiger partial charge in [-0.15, -0.1) is 0 Å². The summed E-state index contributed by atoms with van der Waals surface area (Å²) in [5.74, 6) is 0.0256. The summed E-state index contributed by atoms with van der Waals surface area (Å²) in [4.78, 5) is 19.5. The van der Waals surface area contributed by atoms with Crippen LogP contribution in [0.15, 0.2) is 42.7 Å². The largest absolute Gasteiger partial charge is 0.383 e. The average Bonchev–Trinajstić information content (AvgIpc) is 3.50. The smallest absolute Gasteiger partial charge is 0.254 e. The molecule has 1 aliphatic rings. The van der Waals surface area contributed by atoms with E-state index in [1.165, 1.54) is 0 Å². The van der Waals surface area contributed by atoms with Gasteiger partial charge >= 0.3 is 0 Å². The maximum atomic E-state index is 13.2. The Kier molecular flexibility index (Phi) is 4.68. The van der Waals surface area contributed by atoms with E-state index in [0.29, 0.717) is 17.7 Å². The van der Waals surface area contributed by atoms with Crippen molar-refractivity contribution in [3.63, 3.8) is 0 Å². The summed E-state index contributed by atoms with van der Waals surface area (Å²) >= 11 is 0. The number of hydrogen-bond donors (Lipinski definition) is 0. The summed E-state index contributed by atoms with van der Waals surface area (Å²) in [5.41, 5.74) is 4.38. The highest BCUT2D eigenvalue weighted by molar-refractivity contribution is 6.01. The molecular weight excluding hydrogens is 392 g/mol. The molecule has 0 bridgehead atoms. The minimum atomic E-state index is 0.0256. The van der Waals surface area contributed by atoms with Crippen LogP contribution in [0.2, 0.25) is 0 Å². The molecule has 0 unspecified atom stereocenters. The van der Waals surface area contributed by atoms with Gasteiger partial charge in [0, 0.05) is 37.8 Å². The minimum absolute atomic E-state index is 0.0256. The molecule has 0 saturated carbocycles. The summed E-state index contributed by atoms with van der Waals surface area (Å²) < 4.78 is 8.95. The van der Waals surface area contributed by atoms with E-state index in [0.717, 1.165) is 47.3 Å². The molecule has 1 atom stereocenters. The van der Waals surface area contributed by atoms with Crippen molar-refractivity contribution < 1.29 is 9.53 Å². The van der Waals surface area contributed by atoms with Crippen LogP contribution < -0.4 is 0 Å². The summed E-state index contributed by atoms with van der Waals surface area (Å²) in [6.45, 7) is 1.31. The summed E-state index contributed by atoms with van der Waals surface area (Å²) in [6.07, 6.45) is 5.49. The lowest BCUT2D eigenvalue weighted by Gasteiger charge is -2.24. The van der Waals surface area contributed by atoms with Gasteiger partial charge in [0.15, 0.2) is 0 Å². The molecular formula is C23H22N6O2. The number of benzene rings is 1. The molecule has 1 amide bonds. The average molecular weight is 414 g/mol. The number of hydrogen-bond acceptors (Lipinski definition) is 5. The van der Waals surface area contributed by atoms with E-state index in [-0.39, 0.29) is 11.9 Å². The Bertz CT molecular complexity index is 1350. The van der Waals surface area contributed by atoms with Gasteiger partial charge in [-0.25, -0.2) is 4.98 Å². The number of amides is 1. The molecule has 5 rings (SSSR count). The van der Waals surface area contributed by atoms with Gasteiger partial charge in [0.05, 0.1) is 35.6 Å². The zero-order chi connectivity index (χ0) is 21.5. The summed E-state index contributed by atoms with van der Waals surface area (Å²) in [6, 6.07) is 11.6. The Hall–Kier alpha value is -3.70. The second-order valence-electron chi connectivity index (χ2n) is 7.86. The molecule has 1 aromatic carbocycles. The van der Waals surface area contributed by atoms with Gasteiger partial charge in [-0.2, -0.15) is 10.4 Å². The molecule has 0 aliphatic carbocycles. The molecule has 156 valence electrons. The van der Waals surface area contributed by atoms with Gasteiger partial charge in [-0.1, -0.05) is 0 Å². The van der Waals surface area contributed by atoms with Crippen molar-refractivity contribution in [3.05, 3.63) is 53.9 Å². The van der Waals surface area contributed by atoms with E-state index in [2.05, 4.69) is 11.1 Å². The monoisotopic (exact) mass is 414 g/mol. The predicted octanol–water partition coefficient (Wildman–Crippen LogP) is 3.01. The first-order valence-corrected chi connectivity index (χ1v) is 10.2. The third kappa shape index (κ3) is 3.14. The molecule has 0 radical (unpaired) electrons. The van der Waals surface area contributed by atoms with Crippen LogP contribution in [-0.2, 0) is 11.8 Å². The molecule has 8 nitrogen and oxygen atoms in total. The molecule has 0 N–H and O–H groups in total. The highest BCUT2D eigenvalue weighted by Gasteiger charge is 2.29. The Morgan fingerprint density at radius 2 is 2.19 bits per heavy atom. The van der Waals surface area contributed by atoms with Gasteiger partial charge in [0.1, 0.15) is 17.4 Å². The number of rotatable bonds is 4. The number of methoxy groups -OCH3 is 1. The van der Waals surface area contributed by atoms with Crippen LogP contribution in [0.1, 0.15) is 28.8 Å². The fourth-order valence-corrected chi connectivity index (χ4v) is 4.44. The fraction of sp³-hybridized carbons (Fsp3) is 0.304. The Morgan fingerprint density at radius 1 is 1.32 bits per heavy atom. The van der Waals surface area contributed by atoms with Gasteiger partial charge in [-0.05, 0) is 43.2 Å². The van der Waals surface area contributed by atoms with Crippen LogP contribution in [0.5, 0.6) is 0 Å². The maximum Gasteiger partial charge on any atom is 0.254 e. The van der Waals surface area contributed by atoms with E-state index in [4.69, 9.17) is 9.84 Å². The number of fused-ring (bicyclic) bond motifs is 2. The lowest BCUT2D eigenvalue weighted by Crippen LogP contribution is -2.38.